The number of anilines is 3. The normalized spacial score (nSPS) is 16.6. The van der Waals surface area contributed by atoms with Crippen molar-refractivity contribution < 1.29 is 0 Å². The van der Waals surface area contributed by atoms with Gasteiger partial charge in [-0.05, 0) is 36.8 Å². The summed E-state index contributed by atoms with van der Waals surface area (Å²) >= 11 is 0. The van der Waals surface area contributed by atoms with E-state index in [1.165, 1.54) is 5.69 Å². The van der Waals surface area contributed by atoms with E-state index in [1.807, 2.05) is 36.4 Å². The van der Waals surface area contributed by atoms with E-state index in [2.05, 4.69) is 35.3 Å². The zero-order chi connectivity index (χ0) is 13.2. The molecular weight excluding hydrogens is 234 g/mol. The van der Waals surface area contributed by atoms with Gasteiger partial charge in [0.25, 0.3) is 0 Å². The summed E-state index contributed by atoms with van der Waals surface area (Å²) < 4.78 is 0. The van der Waals surface area contributed by atoms with Crippen molar-refractivity contribution in [1.82, 2.24) is 0 Å². The van der Waals surface area contributed by atoms with Gasteiger partial charge in [0.1, 0.15) is 6.17 Å². The van der Waals surface area contributed by atoms with Crippen LogP contribution in [0.5, 0.6) is 0 Å². The number of nitrogens with one attached hydrogen (secondary N) is 1. The van der Waals surface area contributed by atoms with Gasteiger partial charge in [-0.1, -0.05) is 25.1 Å². The molecule has 1 atom stereocenters. The number of nitriles is 1. The second-order valence-corrected chi connectivity index (χ2v) is 4.62. The maximum Gasteiger partial charge on any atom is 0.104 e. The lowest BCUT2D eigenvalue weighted by atomic mass is 10.1. The summed E-state index contributed by atoms with van der Waals surface area (Å²) in [5.74, 6) is 0. The Morgan fingerprint density at radius 1 is 1.21 bits per heavy atom. The molecule has 0 aliphatic carbocycles. The number of fused-ring (bicyclic) bond motifs is 1. The lowest BCUT2D eigenvalue weighted by Crippen LogP contribution is -2.30. The molecule has 1 heterocycles. The highest BCUT2D eigenvalue weighted by Gasteiger charge is 2.28. The van der Waals surface area contributed by atoms with Crippen LogP contribution in [0.3, 0.4) is 0 Å². The summed E-state index contributed by atoms with van der Waals surface area (Å²) in [6, 6.07) is 18.3. The molecule has 1 aliphatic rings. The first-order valence-electron chi connectivity index (χ1n) is 6.48. The third-order valence-corrected chi connectivity index (χ3v) is 3.44. The highest BCUT2D eigenvalue weighted by molar-refractivity contribution is 5.83. The molecule has 1 unspecified atom stereocenters. The van der Waals surface area contributed by atoms with Gasteiger partial charge in [-0.15, -0.1) is 0 Å². The van der Waals surface area contributed by atoms with Crippen molar-refractivity contribution in [3.63, 3.8) is 0 Å². The molecule has 0 aromatic heterocycles. The topological polar surface area (TPSA) is 39.1 Å². The predicted octanol–water partition coefficient (Wildman–Crippen LogP) is 3.86. The highest BCUT2D eigenvalue weighted by Crippen LogP contribution is 2.41. The van der Waals surface area contributed by atoms with E-state index in [-0.39, 0.29) is 6.17 Å². The molecular formula is C16H15N3. The van der Waals surface area contributed by atoms with Gasteiger partial charge >= 0.3 is 0 Å². The van der Waals surface area contributed by atoms with Crippen molar-refractivity contribution in [3.8, 4) is 6.07 Å². The summed E-state index contributed by atoms with van der Waals surface area (Å²) in [6.07, 6.45) is 1.23. The molecule has 1 N–H and O–H groups in total. The fourth-order valence-corrected chi connectivity index (χ4v) is 2.54. The molecule has 3 nitrogen and oxygen atoms in total. The Balaban J connectivity index is 2.08. The van der Waals surface area contributed by atoms with Gasteiger partial charge in [-0.2, -0.15) is 5.26 Å². The summed E-state index contributed by atoms with van der Waals surface area (Å²) in [7, 11) is 0. The summed E-state index contributed by atoms with van der Waals surface area (Å²) in [6.45, 7) is 2.16. The van der Waals surface area contributed by atoms with Crippen LogP contribution in [0.4, 0.5) is 17.1 Å². The maximum absolute atomic E-state index is 8.98. The van der Waals surface area contributed by atoms with Crippen LogP contribution in [0, 0.1) is 11.3 Å². The summed E-state index contributed by atoms with van der Waals surface area (Å²) in [4.78, 5) is 2.29. The largest absolute Gasteiger partial charge is 0.363 e. The Morgan fingerprint density at radius 2 is 2.00 bits per heavy atom. The molecule has 0 fully saturated rings. The molecule has 0 amide bonds. The van der Waals surface area contributed by atoms with Crippen molar-refractivity contribution in [3.05, 3.63) is 54.1 Å². The smallest absolute Gasteiger partial charge is 0.104 e. The van der Waals surface area contributed by atoms with Crippen LogP contribution in [0.1, 0.15) is 18.9 Å². The Kier molecular flexibility index (Phi) is 2.85. The Hall–Kier alpha value is -2.47. The Morgan fingerprint density at radius 3 is 2.68 bits per heavy atom. The van der Waals surface area contributed by atoms with Gasteiger partial charge in [0.2, 0.25) is 0 Å². The van der Waals surface area contributed by atoms with Gasteiger partial charge in [0.15, 0.2) is 0 Å². The Labute approximate surface area is 113 Å². The number of hydrogen-bond donors (Lipinski definition) is 1. The van der Waals surface area contributed by atoms with Crippen molar-refractivity contribution in [2.75, 3.05) is 10.2 Å². The molecule has 19 heavy (non-hydrogen) atoms. The second kappa shape index (κ2) is 4.66. The average molecular weight is 249 g/mol. The summed E-state index contributed by atoms with van der Waals surface area (Å²) in [5.41, 5.74) is 4.04. The fraction of sp³-hybridized carbons (Fsp3) is 0.188. The maximum atomic E-state index is 8.98. The first kappa shape index (κ1) is 11.6. The average Bonchev–Trinajstić information content (AvgIpc) is 2.85. The van der Waals surface area contributed by atoms with E-state index in [9.17, 15) is 0 Å². The predicted molar refractivity (Wildman–Crippen MR) is 77.4 cm³/mol. The van der Waals surface area contributed by atoms with Crippen LogP contribution in [-0.2, 0) is 0 Å². The molecule has 1 aliphatic heterocycles. The molecule has 0 saturated carbocycles. The molecule has 0 spiro atoms. The molecule has 2 aromatic rings. The molecule has 3 rings (SSSR count). The molecule has 3 heteroatoms. The van der Waals surface area contributed by atoms with Crippen LogP contribution >= 0.6 is 0 Å². The quantitative estimate of drug-likeness (QED) is 0.878. The van der Waals surface area contributed by atoms with Gasteiger partial charge < -0.3 is 10.2 Å². The van der Waals surface area contributed by atoms with E-state index < -0.39 is 0 Å². The van der Waals surface area contributed by atoms with Crippen LogP contribution < -0.4 is 10.2 Å². The lowest BCUT2D eigenvalue weighted by Gasteiger charge is -2.26. The van der Waals surface area contributed by atoms with Gasteiger partial charge in [-0.25, -0.2) is 0 Å². The van der Waals surface area contributed by atoms with Crippen LogP contribution in [0.25, 0.3) is 0 Å². The third kappa shape index (κ3) is 1.92. The molecule has 0 radical (unpaired) electrons. The van der Waals surface area contributed by atoms with Gasteiger partial charge in [-0.3, -0.25) is 0 Å². The zero-order valence-electron chi connectivity index (χ0n) is 10.8. The number of rotatable bonds is 2. The SMILES string of the molecule is CCC1Nc2cc(C#N)ccc2N1c1ccccc1. The first-order chi connectivity index (χ1) is 9.33. The zero-order valence-corrected chi connectivity index (χ0v) is 10.8. The minimum atomic E-state index is 0.242. The molecule has 0 saturated heterocycles. The van der Waals surface area contributed by atoms with Crippen molar-refractivity contribution in [2.24, 2.45) is 0 Å². The third-order valence-electron chi connectivity index (χ3n) is 3.44. The minimum absolute atomic E-state index is 0.242. The molecule has 2 aromatic carbocycles. The van der Waals surface area contributed by atoms with Crippen LogP contribution in [-0.4, -0.2) is 6.17 Å². The lowest BCUT2D eigenvalue weighted by molar-refractivity contribution is 0.728. The van der Waals surface area contributed by atoms with Crippen molar-refractivity contribution in [2.45, 2.75) is 19.5 Å². The standard InChI is InChI=1S/C16H15N3/c1-2-16-18-14-10-12(11-17)8-9-15(14)19(16)13-6-4-3-5-7-13/h3-10,16,18H,2H2,1H3. The van der Waals surface area contributed by atoms with Crippen molar-refractivity contribution >= 4 is 17.1 Å². The summed E-state index contributed by atoms with van der Waals surface area (Å²) in [5, 5.41) is 12.5. The second-order valence-electron chi connectivity index (χ2n) is 4.62. The highest BCUT2D eigenvalue weighted by atomic mass is 15.3. The number of hydrogen-bond acceptors (Lipinski definition) is 3. The number of para-hydroxylation sites is 1. The molecule has 0 bridgehead atoms. The van der Waals surface area contributed by atoms with E-state index in [4.69, 9.17) is 5.26 Å². The van der Waals surface area contributed by atoms with Gasteiger partial charge in [0, 0.05) is 5.69 Å². The van der Waals surface area contributed by atoms with E-state index in [0.29, 0.717) is 5.56 Å². The monoisotopic (exact) mass is 249 g/mol. The Bertz CT molecular complexity index is 628. The van der Waals surface area contributed by atoms with Crippen LogP contribution in [0.15, 0.2) is 48.5 Å². The van der Waals surface area contributed by atoms with Crippen LogP contribution in [0.2, 0.25) is 0 Å². The van der Waals surface area contributed by atoms with Gasteiger partial charge in [0.05, 0.1) is 23.0 Å². The van der Waals surface area contributed by atoms with E-state index in [0.717, 1.165) is 17.8 Å². The number of nitrogens with zero attached hydrogens (tertiary/aromatic N) is 2. The molecule has 94 valence electrons. The van der Waals surface area contributed by atoms with E-state index in [1.54, 1.807) is 0 Å². The fourth-order valence-electron chi connectivity index (χ4n) is 2.54. The number of benzene rings is 2. The minimum Gasteiger partial charge on any atom is -0.363 e. The first-order valence-corrected chi connectivity index (χ1v) is 6.48. The van der Waals surface area contributed by atoms with E-state index >= 15 is 0 Å². The van der Waals surface area contributed by atoms with Crippen molar-refractivity contribution in [1.29, 1.82) is 5.26 Å².